The minimum Gasteiger partial charge on any atom is -0.462 e. The van der Waals surface area contributed by atoms with Crippen molar-refractivity contribution in [3.05, 3.63) is 87.9 Å². The summed E-state index contributed by atoms with van der Waals surface area (Å²) < 4.78 is 5.72. The number of fused-ring (bicyclic) bond motifs is 1. The molecule has 184 valence electrons. The van der Waals surface area contributed by atoms with Crippen LogP contribution in [0.25, 0.3) is 0 Å². The molecule has 0 aromatic heterocycles. The van der Waals surface area contributed by atoms with Crippen molar-refractivity contribution in [3.63, 3.8) is 0 Å². The number of nitrogens with zero attached hydrogens (tertiary/aromatic N) is 1. The van der Waals surface area contributed by atoms with Gasteiger partial charge in [-0.15, -0.1) is 0 Å². The highest BCUT2D eigenvalue weighted by Gasteiger charge is 2.47. The van der Waals surface area contributed by atoms with E-state index in [-0.39, 0.29) is 17.7 Å². The Morgan fingerprint density at radius 3 is 2.54 bits per heavy atom. The van der Waals surface area contributed by atoms with E-state index in [1.807, 2.05) is 50.5 Å². The van der Waals surface area contributed by atoms with E-state index in [0.29, 0.717) is 24.5 Å². The lowest BCUT2D eigenvalue weighted by molar-refractivity contribution is -0.120. The Bertz CT molecular complexity index is 1180. The average molecular weight is 490 g/mol. The number of ketones is 1. The molecule has 1 aliphatic heterocycles. The first-order valence-electron chi connectivity index (χ1n) is 12.4. The first-order valence-corrected chi connectivity index (χ1v) is 13.2. The maximum Gasteiger partial charge on any atom is 0.338 e. The number of allylic oxidation sites excluding steroid dienone is 3. The second kappa shape index (κ2) is 10.5. The standard InChI is InChI=1S/C30H35NO3S/c1-20(2)30(16-14-27-24(28(30)32)18-22-10-6-9-13-26(22)35-27)25-12-8-7-11-23(25)29(33)34-17-15-21(3)19-31(4)5/h6-14,16,20-21H,15,17-19H2,1-5H3. The third-order valence-electron chi connectivity index (χ3n) is 7.03. The molecule has 5 heteroatoms. The maximum atomic E-state index is 14.2. The van der Waals surface area contributed by atoms with E-state index in [0.717, 1.165) is 29.0 Å². The van der Waals surface area contributed by atoms with E-state index in [9.17, 15) is 9.59 Å². The van der Waals surface area contributed by atoms with Crippen LogP contribution in [0.15, 0.2) is 76.1 Å². The van der Waals surface area contributed by atoms with Crippen LogP contribution < -0.4 is 0 Å². The molecule has 0 amide bonds. The predicted octanol–water partition coefficient (Wildman–Crippen LogP) is 6.07. The molecule has 0 saturated heterocycles. The molecule has 2 atom stereocenters. The van der Waals surface area contributed by atoms with Crippen molar-refractivity contribution in [1.29, 1.82) is 0 Å². The number of hydrogen-bond donors (Lipinski definition) is 0. The van der Waals surface area contributed by atoms with Crippen LogP contribution in [0.2, 0.25) is 0 Å². The van der Waals surface area contributed by atoms with Gasteiger partial charge in [0.05, 0.1) is 17.6 Å². The van der Waals surface area contributed by atoms with Gasteiger partial charge in [0.2, 0.25) is 0 Å². The first-order chi connectivity index (χ1) is 16.7. The highest BCUT2D eigenvalue weighted by molar-refractivity contribution is 8.03. The quantitative estimate of drug-likeness (QED) is 0.422. The van der Waals surface area contributed by atoms with Crippen LogP contribution >= 0.6 is 11.8 Å². The molecule has 2 aromatic rings. The van der Waals surface area contributed by atoms with E-state index in [2.05, 4.69) is 43.9 Å². The number of thioether (sulfide) groups is 1. The molecular formula is C30H35NO3S. The fourth-order valence-corrected chi connectivity index (χ4v) is 6.29. The number of carbonyl (C=O) groups is 2. The second-order valence-corrected chi connectivity index (χ2v) is 11.3. The number of carbonyl (C=O) groups excluding carboxylic acids is 2. The van der Waals surface area contributed by atoms with Crippen molar-refractivity contribution in [2.45, 2.75) is 43.9 Å². The Morgan fingerprint density at radius 1 is 1.09 bits per heavy atom. The molecule has 0 saturated carbocycles. The molecule has 4 nitrogen and oxygen atoms in total. The number of esters is 1. The molecular weight excluding hydrogens is 454 g/mol. The predicted molar refractivity (Wildman–Crippen MR) is 143 cm³/mol. The molecule has 1 aliphatic carbocycles. The van der Waals surface area contributed by atoms with Crippen molar-refractivity contribution < 1.29 is 14.3 Å². The lowest BCUT2D eigenvalue weighted by Crippen LogP contribution is -2.44. The van der Waals surface area contributed by atoms with Crippen molar-refractivity contribution in [1.82, 2.24) is 4.90 Å². The Hall–Kier alpha value is -2.63. The highest BCUT2D eigenvalue weighted by atomic mass is 32.2. The van der Waals surface area contributed by atoms with Crippen LogP contribution in [0.4, 0.5) is 0 Å². The third-order valence-corrected chi connectivity index (χ3v) is 8.25. The van der Waals surface area contributed by atoms with Crippen LogP contribution in [0.5, 0.6) is 0 Å². The smallest absolute Gasteiger partial charge is 0.338 e. The van der Waals surface area contributed by atoms with Crippen LogP contribution in [0.1, 0.15) is 48.7 Å². The molecule has 0 spiro atoms. The minimum absolute atomic E-state index is 0.0310. The Balaban J connectivity index is 1.63. The summed E-state index contributed by atoms with van der Waals surface area (Å²) in [6.45, 7) is 7.59. The first kappa shape index (κ1) is 25.5. The van der Waals surface area contributed by atoms with Gasteiger partial charge in [-0.25, -0.2) is 4.79 Å². The van der Waals surface area contributed by atoms with Gasteiger partial charge in [0, 0.05) is 28.3 Å². The molecule has 0 bridgehead atoms. The molecule has 0 radical (unpaired) electrons. The summed E-state index contributed by atoms with van der Waals surface area (Å²) in [6.07, 6.45) is 5.52. The van der Waals surface area contributed by atoms with Crippen molar-refractivity contribution >= 4 is 23.5 Å². The number of hydrogen-bond acceptors (Lipinski definition) is 5. The molecule has 1 heterocycles. The zero-order valence-corrected chi connectivity index (χ0v) is 22.2. The summed E-state index contributed by atoms with van der Waals surface area (Å²) in [6, 6.07) is 15.7. The van der Waals surface area contributed by atoms with Gasteiger partial charge >= 0.3 is 5.97 Å². The fourth-order valence-electron chi connectivity index (χ4n) is 5.21. The van der Waals surface area contributed by atoms with Crippen molar-refractivity contribution in [2.75, 3.05) is 27.2 Å². The van der Waals surface area contributed by atoms with E-state index < -0.39 is 5.41 Å². The lowest BCUT2D eigenvalue weighted by atomic mass is 9.63. The Morgan fingerprint density at radius 2 is 1.80 bits per heavy atom. The van der Waals surface area contributed by atoms with Gasteiger partial charge in [-0.1, -0.05) is 81.1 Å². The summed E-state index contributed by atoms with van der Waals surface area (Å²) in [5.41, 5.74) is 2.33. The van der Waals surface area contributed by atoms with Gasteiger partial charge in [-0.05, 0) is 55.6 Å². The molecule has 0 fully saturated rings. The van der Waals surface area contributed by atoms with Gasteiger partial charge < -0.3 is 9.64 Å². The number of Topliss-reactive ketones (excluding diaryl/α,β-unsaturated/α-hetero) is 1. The van der Waals surface area contributed by atoms with Crippen molar-refractivity contribution in [2.24, 2.45) is 11.8 Å². The number of rotatable bonds is 8. The largest absolute Gasteiger partial charge is 0.462 e. The zero-order chi connectivity index (χ0) is 25.2. The summed E-state index contributed by atoms with van der Waals surface area (Å²) in [4.78, 5) is 31.8. The van der Waals surface area contributed by atoms with Gasteiger partial charge in [0.25, 0.3) is 0 Å². The summed E-state index contributed by atoms with van der Waals surface area (Å²) in [7, 11) is 4.09. The van der Waals surface area contributed by atoms with Crippen LogP contribution in [0, 0.1) is 11.8 Å². The monoisotopic (exact) mass is 489 g/mol. The van der Waals surface area contributed by atoms with E-state index >= 15 is 0 Å². The van der Waals surface area contributed by atoms with Crippen LogP contribution in [0.3, 0.4) is 0 Å². The molecule has 4 rings (SSSR count). The molecule has 2 unspecified atom stereocenters. The Labute approximate surface area is 213 Å². The number of ether oxygens (including phenoxy) is 1. The average Bonchev–Trinajstić information content (AvgIpc) is 2.83. The van der Waals surface area contributed by atoms with E-state index in [1.165, 1.54) is 10.5 Å². The van der Waals surface area contributed by atoms with Crippen LogP contribution in [-0.2, 0) is 21.4 Å². The number of benzene rings is 2. The fraction of sp³-hybridized carbons (Fsp3) is 0.400. The topological polar surface area (TPSA) is 46.6 Å². The lowest BCUT2D eigenvalue weighted by Gasteiger charge is -2.39. The Kier molecular flexibility index (Phi) is 7.67. The molecule has 2 aliphatic rings. The minimum atomic E-state index is -0.903. The van der Waals surface area contributed by atoms with Gasteiger partial charge in [0.15, 0.2) is 5.78 Å². The van der Waals surface area contributed by atoms with E-state index in [1.54, 1.807) is 17.8 Å². The zero-order valence-electron chi connectivity index (χ0n) is 21.3. The second-order valence-electron chi connectivity index (χ2n) is 10.3. The van der Waals surface area contributed by atoms with Gasteiger partial charge in [0.1, 0.15) is 0 Å². The molecule has 35 heavy (non-hydrogen) atoms. The summed E-state index contributed by atoms with van der Waals surface area (Å²) >= 11 is 1.66. The molecule has 0 N–H and O–H groups in total. The van der Waals surface area contributed by atoms with Crippen LogP contribution in [-0.4, -0.2) is 43.9 Å². The van der Waals surface area contributed by atoms with Gasteiger partial charge in [-0.2, -0.15) is 0 Å². The van der Waals surface area contributed by atoms with Gasteiger partial charge in [-0.3, -0.25) is 4.79 Å². The van der Waals surface area contributed by atoms with E-state index in [4.69, 9.17) is 4.74 Å². The summed E-state index contributed by atoms with van der Waals surface area (Å²) in [5, 5.41) is 0. The normalized spacial score (nSPS) is 20.1. The van der Waals surface area contributed by atoms with Crippen molar-refractivity contribution in [3.8, 4) is 0 Å². The third kappa shape index (κ3) is 5.03. The summed E-state index contributed by atoms with van der Waals surface area (Å²) in [5.74, 6) is 0.125. The molecule has 2 aromatic carbocycles. The highest BCUT2D eigenvalue weighted by Crippen LogP contribution is 2.48. The SMILES string of the molecule is CC(CCOC(=O)c1ccccc1C1(C(C)C)C=CC2=C(Cc3ccccc3S2)C1=O)CN(C)C. The maximum absolute atomic E-state index is 14.2.